The average molecular weight is 358 g/mol. The van der Waals surface area contributed by atoms with E-state index in [0.29, 0.717) is 5.56 Å². The maximum Gasteiger partial charge on any atom is 0.207 e. The van der Waals surface area contributed by atoms with E-state index in [1.54, 1.807) is 24.3 Å². The Hall–Kier alpha value is -1.96. The molecule has 0 amide bonds. The number of hydrogen-bond donors (Lipinski definition) is 3. The minimum absolute atomic E-state index is 0.0602. The van der Waals surface area contributed by atoms with E-state index in [4.69, 9.17) is 5.26 Å². The Morgan fingerprint density at radius 1 is 1.20 bits per heavy atom. The van der Waals surface area contributed by atoms with Crippen molar-refractivity contribution in [3.05, 3.63) is 71.3 Å². The SMILES string of the molecule is CC(NC[C@@H](O)CP(=O)(O)Cc1ccccc1)c1cccc(C#N)c1. The third-order valence-electron chi connectivity index (χ3n) is 3.94. The van der Waals surface area contributed by atoms with Crippen molar-refractivity contribution in [3.63, 3.8) is 0 Å². The van der Waals surface area contributed by atoms with Crippen LogP contribution in [0.2, 0.25) is 0 Å². The molecule has 3 N–H and O–H groups in total. The van der Waals surface area contributed by atoms with Crippen LogP contribution in [0, 0.1) is 11.3 Å². The maximum atomic E-state index is 12.3. The van der Waals surface area contributed by atoms with Crippen molar-refractivity contribution in [1.82, 2.24) is 5.32 Å². The van der Waals surface area contributed by atoms with E-state index in [9.17, 15) is 14.6 Å². The van der Waals surface area contributed by atoms with Gasteiger partial charge >= 0.3 is 0 Å². The van der Waals surface area contributed by atoms with Gasteiger partial charge in [-0.15, -0.1) is 0 Å². The van der Waals surface area contributed by atoms with Crippen LogP contribution in [0.1, 0.15) is 29.7 Å². The molecular formula is C19H23N2O3P. The van der Waals surface area contributed by atoms with Gasteiger partial charge < -0.3 is 15.3 Å². The minimum atomic E-state index is -3.45. The van der Waals surface area contributed by atoms with Gasteiger partial charge in [0.2, 0.25) is 7.37 Å². The molecule has 132 valence electrons. The van der Waals surface area contributed by atoms with Crippen LogP contribution in [0.3, 0.4) is 0 Å². The van der Waals surface area contributed by atoms with Gasteiger partial charge in [0.05, 0.1) is 23.9 Å². The van der Waals surface area contributed by atoms with E-state index in [1.807, 2.05) is 37.3 Å². The van der Waals surface area contributed by atoms with Gasteiger partial charge in [0.25, 0.3) is 0 Å². The third-order valence-corrected chi connectivity index (χ3v) is 5.80. The van der Waals surface area contributed by atoms with E-state index in [2.05, 4.69) is 11.4 Å². The summed E-state index contributed by atoms with van der Waals surface area (Å²) >= 11 is 0. The fraction of sp³-hybridized carbons (Fsp3) is 0.316. The van der Waals surface area contributed by atoms with Crippen LogP contribution in [-0.2, 0) is 10.7 Å². The van der Waals surface area contributed by atoms with Gasteiger partial charge in [0.15, 0.2) is 0 Å². The van der Waals surface area contributed by atoms with Gasteiger partial charge in [-0.2, -0.15) is 5.26 Å². The highest BCUT2D eigenvalue weighted by Crippen LogP contribution is 2.44. The largest absolute Gasteiger partial charge is 0.391 e. The average Bonchev–Trinajstić information content (AvgIpc) is 2.59. The summed E-state index contributed by atoms with van der Waals surface area (Å²) in [5, 5.41) is 22.2. The lowest BCUT2D eigenvalue weighted by molar-refractivity contribution is 0.186. The number of rotatable bonds is 8. The van der Waals surface area contributed by atoms with Crippen molar-refractivity contribution in [2.24, 2.45) is 0 Å². The second kappa shape index (κ2) is 8.94. The predicted molar refractivity (Wildman–Crippen MR) is 98.4 cm³/mol. The number of hydrogen-bond acceptors (Lipinski definition) is 4. The monoisotopic (exact) mass is 358 g/mol. The first-order valence-corrected chi connectivity index (χ1v) is 10.2. The quantitative estimate of drug-likeness (QED) is 0.631. The lowest BCUT2D eigenvalue weighted by Gasteiger charge is -2.20. The number of nitrogens with zero attached hydrogens (tertiary/aromatic N) is 1. The Bertz CT molecular complexity index is 774. The highest BCUT2D eigenvalue weighted by molar-refractivity contribution is 7.57. The molecule has 2 rings (SSSR count). The van der Waals surface area contributed by atoms with Crippen LogP contribution in [0.4, 0.5) is 0 Å². The minimum Gasteiger partial charge on any atom is -0.391 e. The molecule has 25 heavy (non-hydrogen) atoms. The first kappa shape index (κ1) is 19.4. The summed E-state index contributed by atoms with van der Waals surface area (Å²) in [7, 11) is -3.45. The molecule has 0 saturated heterocycles. The zero-order chi connectivity index (χ0) is 18.3. The lowest BCUT2D eigenvalue weighted by atomic mass is 10.1. The van der Waals surface area contributed by atoms with Gasteiger partial charge in [-0.3, -0.25) is 4.57 Å². The Kier molecular flexibility index (Phi) is 6.92. The van der Waals surface area contributed by atoms with Crippen LogP contribution in [-0.4, -0.2) is 28.8 Å². The van der Waals surface area contributed by atoms with Crippen molar-refractivity contribution >= 4 is 7.37 Å². The van der Waals surface area contributed by atoms with Crippen LogP contribution in [0.5, 0.6) is 0 Å². The molecular weight excluding hydrogens is 335 g/mol. The van der Waals surface area contributed by atoms with E-state index in [-0.39, 0.29) is 24.9 Å². The number of nitriles is 1. The van der Waals surface area contributed by atoms with E-state index < -0.39 is 13.5 Å². The molecule has 2 aromatic rings. The molecule has 6 heteroatoms. The molecule has 2 unspecified atom stereocenters. The normalized spacial score (nSPS) is 15.8. The summed E-state index contributed by atoms with van der Waals surface area (Å²) in [6, 6.07) is 18.4. The summed E-state index contributed by atoms with van der Waals surface area (Å²) in [5.41, 5.74) is 2.30. The smallest absolute Gasteiger partial charge is 0.207 e. The molecule has 0 bridgehead atoms. The van der Waals surface area contributed by atoms with Crippen molar-refractivity contribution in [1.29, 1.82) is 5.26 Å². The fourth-order valence-electron chi connectivity index (χ4n) is 2.64. The third kappa shape index (κ3) is 6.45. The first-order chi connectivity index (χ1) is 11.9. The van der Waals surface area contributed by atoms with E-state index >= 15 is 0 Å². The second-order valence-electron chi connectivity index (χ2n) is 6.19. The summed E-state index contributed by atoms with van der Waals surface area (Å²) in [6.45, 7) is 2.13. The number of aliphatic hydroxyl groups excluding tert-OH is 1. The molecule has 0 aliphatic heterocycles. The standard InChI is InChI=1S/C19H23N2O3P/c1-15(18-9-5-8-17(10-18)11-20)21-12-19(22)14-25(23,24)13-16-6-3-2-4-7-16/h2-10,15,19,21-22H,12-14H2,1H3,(H,23,24)/t15?,19-/m1/s1. The molecule has 0 aromatic heterocycles. The molecule has 2 aromatic carbocycles. The van der Waals surface area contributed by atoms with Crippen molar-refractivity contribution in [3.8, 4) is 6.07 Å². The summed E-state index contributed by atoms with van der Waals surface area (Å²) in [5.74, 6) is 0. The maximum absolute atomic E-state index is 12.3. The highest BCUT2D eigenvalue weighted by Gasteiger charge is 2.23. The predicted octanol–water partition coefficient (Wildman–Crippen LogP) is 3.04. The van der Waals surface area contributed by atoms with E-state index in [1.165, 1.54) is 0 Å². The van der Waals surface area contributed by atoms with Gasteiger partial charge in [0.1, 0.15) is 0 Å². The second-order valence-corrected chi connectivity index (χ2v) is 8.57. The summed E-state index contributed by atoms with van der Waals surface area (Å²) in [4.78, 5) is 10.1. The van der Waals surface area contributed by atoms with Crippen molar-refractivity contribution in [2.45, 2.75) is 25.2 Å². The zero-order valence-corrected chi connectivity index (χ0v) is 15.1. The Balaban J connectivity index is 1.86. The molecule has 5 nitrogen and oxygen atoms in total. The van der Waals surface area contributed by atoms with Gasteiger partial charge in [0, 0.05) is 18.7 Å². The van der Waals surface area contributed by atoms with Gasteiger partial charge in [-0.1, -0.05) is 42.5 Å². The highest BCUT2D eigenvalue weighted by atomic mass is 31.2. The van der Waals surface area contributed by atoms with Crippen LogP contribution in [0.15, 0.2) is 54.6 Å². The van der Waals surface area contributed by atoms with Crippen LogP contribution < -0.4 is 5.32 Å². The van der Waals surface area contributed by atoms with Gasteiger partial charge in [-0.25, -0.2) is 0 Å². The molecule has 0 heterocycles. The van der Waals surface area contributed by atoms with Crippen LogP contribution in [0.25, 0.3) is 0 Å². The topological polar surface area (TPSA) is 93.3 Å². The Morgan fingerprint density at radius 3 is 2.60 bits per heavy atom. The summed E-state index contributed by atoms with van der Waals surface area (Å²) in [6.07, 6.45) is -1.01. The molecule has 0 aliphatic carbocycles. The molecule has 0 fully saturated rings. The summed E-state index contributed by atoms with van der Waals surface area (Å²) < 4.78 is 12.3. The van der Waals surface area contributed by atoms with Gasteiger partial charge in [-0.05, 0) is 30.2 Å². The molecule has 0 aliphatic rings. The van der Waals surface area contributed by atoms with Crippen molar-refractivity contribution in [2.75, 3.05) is 12.7 Å². The van der Waals surface area contributed by atoms with E-state index in [0.717, 1.165) is 11.1 Å². The molecule has 3 atom stereocenters. The molecule has 0 saturated carbocycles. The number of aliphatic hydroxyl groups is 1. The molecule has 0 spiro atoms. The fourth-order valence-corrected chi connectivity index (χ4v) is 4.33. The Labute approximate surface area is 148 Å². The zero-order valence-electron chi connectivity index (χ0n) is 14.2. The lowest BCUT2D eigenvalue weighted by Crippen LogP contribution is -2.31. The number of benzene rings is 2. The molecule has 0 radical (unpaired) electrons. The first-order valence-electron chi connectivity index (χ1n) is 8.16. The van der Waals surface area contributed by atoms with Crippen molar-refractivity contribution < 1.29 is 14.6 Å². The number of nitrogens with one attached hydrogen (secondary N) is 1. The van der Waals surface area contributed by atoms with Crippen LogP contribution >= 0.6 is 7.37 Å². The Morgan fingerprint density at radius 2 is 1.92 bits per heavy atom.